The molecule has 0 aliphatic heterocycles. The molecule has 0 aliphatic carbocycles. The van der Waals surface area contributed by atoms with Gasteiger partial charge in [0, 0.05) is 10.8 Å². The Balaban J connectivity index is 2.18. The van der Waals surface area contributed by atoms with Crippen LogP contribution in [0.4, 0.5) is 0 Å². The monoisotopic (exact) mass is 265 g/mol. The first-order valence-corrected chi connectivity index (χ1v) is 7.08. The molecule has 0 aliphatic rings. The molecule has 3 heteroatoms. The quantitative estimate of drug-likeness (QED) is 0.747. The highest BCUT2D eigenvalue weighted by Crippen LogP contribution is 2.30. The van der Waals surface area contributed by atoms with Gasteiger partial charge in [0.05, 0.1) is 16.6 Å². The van der Waals surface area contributed by atoms with E-state index in [1.54, 1.807) is 11.3 Å². The summed E-state index contributed by atoms with van der Waals surface area (Å²) >= 11 is 7.50. The van der Waals surface area contributed by atoms with E-state index in [2.05, 4.69) is 48.5 Å². The average Bonchev–Trinajstić information content (AvgIpc) is 2.79. The van der Waals surface area contributed by atoms with Crippen LogP contribution in [0.1, 0.15) is 30.1 Å². The molecule has 0 spiro atoms. The second kappa shape index (κ2) is 5.19. The van der Waals surface area contributed by atoms with E-state index in [9.17, 15) is 0 Å². The summed E-state index contributed by atoms with van der Waals surface area (Å²) in [5, 5.41) is 3.21. The summed E-state index contributed by atoms with van der Waals surface area (Å²) in [6.45, 7) is 4.47. The van der Waals surface area contributed by atoms with Gasteiger partial charge in [-0.15, -0.1) is 22.9 Å². The number of hydrogen-bond donors (Lipinski definition) is 0. The van der Waals surface area contributed by atoms with Gasteiger partial charge in [0.25, 0.3) is 0 Å². The van der Waals surface area contributed by atoms with E-state index in [1.807, 2.05) is 6.07 Å². The summed E-state index contributed by atoms with van der Waals surface area (Å²) in [6.07, 6.45) is 1.00. The van der Waals surface area contributed by atoms with Crippen LogP contribution < -0.4 is 0 Å². The lowest BCUT2D eigenvalue weighted by molar-refractivity contribution is 0.518. The molecule has 0 amide bonds. The Morgan fingerprint density at radius 1 is 1.24 bits per heavy atom. The van der Waals surface area contributed by atoms with E-state index in [-0.39, 0.29) is 5.41 Å². The minimum Gasteiger partial charge on any atom is -0.244 e. The predicted octanol–water partition coefficient (Wildman–Crippen LogP) is 4.40. The van der Waals surface area contributed by atoms with Crippen molar-refractivity contribution in [3.05, 3.63) is 52.0 Å². The number of benzene rings is 1. The Morgan fingerprint density at radius 3 is 2.53 bits per heavy atom. The number of hydrogen-bond acceptors (Lipinski definition) is 2. The van der Waals surface area contributed by atoms with Gasteiger partial charge in [-0.3, -0.25) is 0 Å². The van der Waals surface area contributed by atoms with E-state index < -0.39 is 0 Å². The van der Waals surface area contributed by atoms with Gasteiger partial charge in [0.1, 0.15) is 0 Å². The lowest BCUT2D eigenvalue weighted by Gasteiger charge is -2.22. The van der Waals surface area contributed by atoms with Crippen LogP contribution in [0.25, 0.3) is 0 Å². The molecule has 1 heterocycles. The molecular weight excluding hydrogens is 250 g/mol. The fourth-order valence-electron chi connectivity index (χ4n) is 1.86. The summed E-state index contributed by atoms with van der Waals surface area (Å²) in [5.74, 6) is 0.498. The standard InChI is InChI=1S/C14H16ClNS/c1-14(2,8-11-6-4-3-5-7-11)13-16-12(9-15)10-17-13/h3-7,10H,8-9H2,1-2H3. The number of halogens is 1. The second-order valence-electron chi connectivity index (χ2n) is 4.82. The summed E-state index contributed by atoms with van der Waals surface area (Å²) < 4.78 is 0. The zero-order valence-electron chi connectivity index (χ0n) is 10.1. The van der Waals surface area contributed by atoms with E-state index in [0.717, 1.165) is 17.1 Å². The highest BCUT2D eigenvalue weighted by molar-refractivity contribution is 7.09. The Bertz CT molecular complexity index is 476. The van der Waals surface area contributed by atoms with E-state index in [4.69, 9.17) is 11.6 Å². The highest BCUT2D eigenvalue weighted by atomic mass is 35.5. The number of aromatic nitrogens is 1. The predicted molar refractivity (Wildman–Crippen MR) is 74.8 cm³/mol. The smallest absolute Gasteiger partial charge is 0.0988 e. The molecule has 0 N–H and O–H groups in total. The zero-order chi connectivity index (χ0) is 12.3. The fraction of sp³-hybridized carbons (Fsp3) is 0.357. The Labute approximate surface area is 111 Å². The Hall–Kier alpha value is -0.860. The number of alkyl halides is 1. The van der Waals surface area contributed by atoms with Gasteiger partial charge in [-0.1, -0.05) is 44.2 Å². The number of nitrogens with zero attached hydrogens (tertiary/aromatic N) is 1. The van der Waals surface area contributed by atoms with Crippen LogP contribution in [0.5, 0.6) is 0 Å². The van der Waals surface area contributed by atoms with Gasteiger partial charge in [0.2, 0.25) is 0 Å². The third-order valence-electron chi connectivity index (χ3n) is 2.76. The van der Waals surface area contributed by atoms with Crippen molar-refractivity contribution >= 4 is 22.9 Å². The van der Waals surface area contributed by atoms with Crippen molar-refractivity contribution in [1.82, 2.24) is 4.98 Å². The molecule has 1 aromatic carbocycles. The summed E-state index contributed by atoms with van der Waals surface area (Å²) in [5.41, 5.74) is 2.39. The summed E-state index contributed by atoms with van der Waals surface area (Å²) in [4.78, 5) is 4.58. The maximum absolute atomic E-state index is 5.79. The summed E-state index contributed by atoms with van der Waals surface area (Å²) in [6, 6.07) is 10.5. The Morgan fingerprint density at radius 2 is 1.94 bits per heavy atom. The largest absolute Gasteiger partial charge is 0.244 e. The highest BCUT2D eigenvalue weighted by Gasteiger charge is 2.24. The third-order valence-corrected chi connectivity index (χ3v) is 4.29. The zero-order valence-corrected chi connectivity index (χ0v) is 11.7. The van der Waals surface area contributed by atoms with Crippen LogP contribution in [-0.2, 0) is 17.7 Å². The molecule has 0 saturated carbocycles. The molecule has 2 rings (SSSR count). The van der Waals surface area contributed by atoms with Gasteiger partial charge >= 0.3 is 0 Å². The third kappa shape index (κ3) is 3.08. The van der Waals surface area contributed by atoms with Crippen molar-refractivity contribution in [3.63, 3.8) is 0 Å². The molecule has 0 fully saturated rings. The van der Waals surface area contributed by atoms with Crippen molar-refractivity contribution in [1.29, 1.82) is 0 Å². The maximum atomic E-state index is 5.79. The normalized spacial score (nSPS) is 11.7. The molecule has 0 unspecified atom stereocenters. The van der Waals surface area contributed by atoms with E-state index in [1.165, 1.54) is 5.56 Å². The molecule has 2 aromatic rings. The first kappa shape index (κ1) is 12.6. The van der Waals surface area contributed by atoms with Gasteiger partial charge in [-0.2, -0.15) is 0 Å². The molecule has 90 valence electrons. The SMILES string of the molecule is CC(C)(Cc1ccccc1)c1nc(CCl)cs1. The molecule has 1 nitrogen and oxygen atoms in total. The van der Waals surface area contributed by atoms with Crippen LogP contribution in [0, 0.1) is 0 Å². The van der Waals surface area contributed by atoms with Crippen molar-refractivity contribution in [3.8, 4) is 0 Å². The van der Waals surface area contributed by atoms with Crippen molar-refractivity contribution in [2.45, 2.75) is 31.6 Å². The minimum atomic E-state index is 0.0658. The first-order chi connectivity index (χ1) is 8.12. The van der Waals surface area contributed by atoms with Crippen LogP contribution in [-0.4, -0.2) is 4.98 Å². The first-order valence-electron chi connectivity index (χ1n) is 5.66. The van der Waals surface area contributed by atoms with Crippen LogP contribution in [0.3, 0.4) is 0 Å². The van der Waals surface area contributed by atoms with Gasteiger partial charge in [-0.05, 0) is 12.0 Å². The van der Waals surface area contributed by atoms with Crippen molar-refractivity contribution < 1.29 is 0 Å². The molecule has 0 atom stereocenters. The van der Waals surface area contributed by atoms with E-state index >= 15 is 0 Å². The average molecular weight is 266 g/mol. The number of thiazole rings is 1. The van der Waals surface area contributed by atoms with Gasteiger partial charge < -0.3 is 0 Å². The molecule has 17 heavy (non-hydrogen) atoms. The molecular formula is C14H16ClNS. The molecule has 1 aromatic heterocycles. The van der Waals surface area contributed by atoms with Crippen LogP contribution >= 0.6 is 22.9 Å². The van der Waals surface area contributed by atoms with Crippen LogP contribution in [0.2, 0.25) is 0 Å². The van der Waals surface area contributed by atoms with Crippen LogP contribution in [0.15, 0.2) is 35.7 Å². The number of rotatable bonds is 4. The van der Waals surface area contributed by atoms with Crippen molar-refractivity contribution in [2.24, 2.45) is 0 Å². The lowest BCUT2D eigenvalue weighted by Crippen LogP contribution is -2.20. The summed E-state index contributed by atoms with van der Waals surface area (Å²) in [7, 11) is 0. The van der Waals surface area contributed by atoms with Gasteiger partial charge in [0.15, 0.2) is 0 Å². The van der Waals surface area contributed by atoms with Crippen molar-refractivity contribution in [2.75, 3.05) is 0 Å². The Kier molecular flexibility index (Phi) is 3.85. The van der Waals surface area contributed by atoms with Gasteiger partial charge in [-0.25, -0.2) is 4.98 Å². The molecule has 0 radical (unpaired) electrons. The second-order valence-corrected chi connectivity index (χ2v) is 5.95. The topological polar surface area (TPSA) is 12.9 Å². The maximum Gasteiger partial charge on any atom is 0.0988 e. The fourth-order valence-corrected chi connectivity index (χ4v) is 3.03. The minimum absolute atomic E-state index is 0.0658. The molecule has 0 saturated heterocycles. The molecule has 0 bridgehead atoms. The lowest BCUT2D eigenvalue weighted by atomic mass is 9.86. The van der Waals surface area contributed by atoms with E-state index in [0.29, 0.717) is 5.88 Å².